The number of halogens is 1. The number of anilines is 2. The van der Waals surface area contributed by atoms with Crippen molar-refractivity contribution in [2.45, 2.75) is 69.3 Å². The third-order valence-corrected chi connectivity index (χ3v) is 13.7. The van der Waals surface area contributed by atoms with E-state index >= 15 is 0 Å². The van der Waals surface area contributed by atoms with Crippen LogP contribution < -0.4 is 10.6 Å². The van der Waals surface area contributed by atoms with E-state index in [4.69, 9.17) is 11.6 Å². The van der Waals surface area contributed by atoms with E-state index in [0.29, 0.717) is 39.4 Å². The molecule has 312 valence electrons. The van der Waals surface area contributed by atoms with E-state index in [1.165, 1.54) is 61.8 Å². The van der Waals surface area contributed by atoms with Crippen molar-refractivity contribution in [2.75, 3.05) is 23.1 Å². The highest BCUT2D eigenvalue weighted by molar-refractivity contribution is 7.91. The first-order valence-electron chi connectivity index (χ1n) is 19.9. The summed E-state index contributed by atoms with van der Waals surface area (Å²) in [5.74, 6) is 0.892. The van der Waals surface area contributed by atoms with E-state index in [1.807, 2.05) is 62.6 Å². The summed E-state index contributed by atoms with van der Waals surface area (Å²) in [7, 11) is -6.54. The van der Waals surface area contributed by atoms with Gasteiger partial charge < -0.3 is 19.8 Å². The van der Waals surface area contributed by atoms with E-state index in [-0.39, 0.29) is 21.6 Å². The van der Waals surface area contributed by atoms with Crippen LogP contribution in [0.4, 0.5) is 11.4 Å². The molecule has 4 aromatic carbocycles. The Balaban J connectivity index is 0.000000181. The Bertz CT molecular complexity index is 2610. The molecular weight excluding hydrogens is 816 g/mol. The number of nitrogens with one attached hydrogen (secondary N) is 2. The fourth-order valence-electron chi connectivity index (χ4n) is 7.40. The predicted octanol–water partition coefficient (Wildman–Crippen LogP) is 10.0. The lowest BCUT2D eigenvalue weighted by atomic mass is 10.0. The number of sulfone groups is 2. The van der Waals surface area contributed by atoms with Crippen molar-refractivity contribution in [3.05, 3.63) is 142 Å². The van der Waals surface area contributed by atoms with Gasteiger partial charge in [0.2, 0.25) is 0 Å². The van der Waals surface area contributed by atoms with Crippen LogP contribution in [0.3, 0.4) is 0 Å². The Morgan fingerprint density at radius 3 is 1.35 bits per heavy atom. The normalized spacial score (nSPS) is 14.0. The summed E-state index contributed by atoms with van der Waals surface area (Å²) < 4.78 is 50.9. The summed E-state index contributed by atoms with van der Waals surface area (Å²) in [6.07, 6.45) is 11.0. The first-order valence-corrected chi connectivity index (χ1v) is 24.1. The van der Waals surface area contributed by atoms with Gasteiger partial charge in [-0.1, -0.05) is 54.1 Å². The molecule has 6 aromatic rings. The lowest BCUT2D eigenvalue weighted by Crippen LogP contribution is -2.12. The Kier molecular flexibility index (Phi) is 12.3. The summed E-state index contributed by atoms with van der Waals surface area (Å²) in [5.41, 5.74) is 9.45. The van der Waals surface area contributed by atoms with E-state index in [9.17, 15) is 26.4 Å². The van der Waals surface area contributed by atoms with Gasteiger partial charge in [-0.3, -0.25) is 9.59 Å². The molecule has 0 saturated heterocycles. The minimum Gasteiger partial charge on any atom is -0.346 e. The Morgan fingerprint density at radius 2 is 0.967 bits per heavy atom. The lowest BCUT2D eigenvalue weighted by molar-refractivity contribution is 0.101. The monoisotopic (exact) mass is 864 g/mol. The summed E-state index contributed by atoms with van der Waals surface area (Å²) >= 11 is 6.46. The van der Waals surface area contributed by atoms with Crippen molar-refractivity contribution in [1.29, 1.82) is 0 Å². The summed E-state index contributed by atoms with van der Waals surface area (Å²) in [6, 6.07) is 28.3. The second-order valence-corrected chi connectivity index (χ2v) is 20.5. The quantitative estimate of drug-likeness (QED) is 0.126. The van der Waals surface area contributed by atoms with Crippen molar-refractivity contribution in [3.8, 4) is 22.5 Å². The zero-order chi connectivity index (χ0) is 42.9. The number of hydrogen-bond acceptors (Lipinski definition) is 6. The van der Waals surface area contributed by atoms with Crippen LogP contribution in [-0.2, 0) is 32.8 Å². The fourth-order valence-corrected chi connectivity index (χ4v) is 8.88. The average Bonchev–Trinajstić information content (AvgIpc) is 4.13. The molecule has 0 spiro atoms. The predicted molar refractivity (Wildman–Crippen MR) is 239 cm³/mol. The third kappa shape index (κ3) is 9.94. The van der Waals surface area contributed by atoms with Crippen LogP contribution in [0.25, 0.3) is 22.5 Å². The number of benzene rings is 4. The van der Waals surface area contributed by atoms with Gasteiger partial charge in [0.1, 0.15) is 0 Å². The van der Waals surface area contributed by atoms with Crippen LogP contribution in [0.2, 0.25) is 5.02 Å². The summed E-state index contributed by atoms with van der Waals surface area (Å²) in [4.78, 5) is 26.5. The first kappa shape index (κ1) is 42.7. The molecule has 8 rings (SSSR count). The highest BCUT2D eigenvalue weighted by Crippen LogP contribution is 2.39. The Hall–Kier alpha value is -5.43. The van der Waals surface area contributed by atoms with Gasteiger partial charge in [0.25, 0.3) is 11.8 Å². The molecular formula is C47H49ClN4O6S2. The molecule has 10 nitrogen and oxygen atoms in total. The van der Waals surface area contributed by atoms with Gasteiger partial charge in [-0.15, -0.1) is 0 Å². The number of aromatic nitrogens is 2. The van der Waals surface area contributed by atoms with E-state index in [1.54, 1.807) is 24.3 Å². The van der Waals surface area contributed by atoms with Crippen LogP contribution in [-0.4, -0.2) is 50.3 Å². The zero-order valence-corrected chi connectivity index (χ0v) is 36.7. The molecule has 2 aliphatic rings. The molecule has 60 heavy (non-hydrogen) atoms. The molecule has 0 unspecified atom stereocenters. The molecule has 2 aromatic heterocycles. The van der Waals surface area contributed by atoms with Gasteiger partial charge in [-0.05, 0) is 130 Å². The van der Waals surface area contributed by atoms with Gasteiger partial charge in [0.05, 0.1) is 32.3 Å². The van der Waals surface area contributed by atoms with Gasteiger partial charge in [0.15, 0.2) is 19.7 Å². The van der Waals surface area contributed by atoms with Gasteiger partial charge in [0, 0.05) is 65.5 Å². The van der Waals surface area contributed by atoms with Gasteiger partial charge in [-0.25, -0.2) is 16.8 Å². The number of aryl methyl sites for hydroxylation is 1. The second-order valence-electron chi connectivity index (χ2n) is 16.0. The maximum atomic E-state index is 13.1. The highest BCUT2D eigenvalue weighted by atomic mass is 35.5. The maximum Gasteiger partial charge on any atom is 0.257 e. The van der Waals surface area contributed by atoms with Crippen LogP contribution in [0.5, 0.6) is 0 Å². The number of nitrogens with zero attached hydrogens (tertiary/aromatic N) is 2. The van der Waals surface area contributed by atoms with Crippen molar-refractivity contribution < 1.29 is 26.4 Å². The molecule has 0 atom stereocenters. The largest absolute Gasteiger partial charge is 0.346 e. The average molecular weight is 866 g/mol. The smallest absolute Gasteiger partial charge is 0.257 e. The van der Waals surface area contributed by atoms with Crippen molar-refractivity contribution in [2.24, 2.45) is 11.8 Å². The maximum absolute atomic E-state index is 13.1. The standard InChI is InChI=1S/C24H26N2O3S.C23H23ClN2O3S/c1-16-6-4-5-7-21(16)23-17(2)22(15-26(23)14-18-8-9-18)24(27)25-19-10-12-20(13-11-19)30(3,28)29;1-15-20(23(27)25-17-9-11-18(12-10-17)30(2,28)29)14-26(13-16-7-8-16)22(15)19-5-3-4-6-21(19)24/h4-7,10-13,15,18H,8-9,14H2,1-3H3,(H,25,27);3-6,9-12,14,16H,7-8,13H2,1-2H3,(H,25,27). The van der Waals surface area contributed by atoms with Crippen LogP contribution in [0.15, 0.2) is 119 Å². The lowest BCUT2D eigenvalue weighted by Gasteiger charge is -2.12. The van der Waals surface area contributed by atoms with Gasteiger partial charge in [-0.2, -0.15) is 0 Å². The Morgan fingerprint density at radius 1 is 0.583 bits per heavy atom. The summed E-state index contributed by atoms with van der Waals surface area (Å²) in [6.45, 7) is 7.79. The van der Waals surface area contributed by atoms with E-state index in [0.717, 1.165) is 53.0 Å². The minimum atomic E-state index is -3.28. The number of carbonyl (C=O) groups excluding carboxylic acids is 2. The highest BCUT2D eigenvalue weighted by Gasteiger charge is 2.28. The molecule has 2 amide bonds. The molecule has 0 radical (unpaired) electrons. The second kappa shape index (κ2) is 17.3. The topological polar surface area (TPSA) is 136 Å². The molecule has 2 saturated carbocycles. The van der Waals surface area contributed by atoms with Crippen molar-refractivity contribution in [1.82, 2.24) is 9.13 Å². The van der Waals surface area contributed by atoms with E-state index < -0.39 is 19.7 Å². The number of carbonyl (C=O) groups is 2. The SMILES string of the molecule is Cc1c(C(=O)Nc2ccc(S(C)(=O)=O)cc2)cn(CC2CC2)c1-c1ccccc1Cl.Cc1ccccc1-c1c(C)c(C(=O)Nc2ccc(S(C)(=O)=O)cc2)cn1CC1CC1. The van der Waals surface area contributed by atoms with Crippen molar-refractivity contribution in [3.63, 3.8) is 0 Å². The summed E-state index contributed by atoms with van der Waals surface area (Å²) in [5, 5.41) is 6.43. The van der Waals surface area contributed by atoms with Crippen LogP contribution in [0.1, 0.15) is 63.1 Å². The van der Waals surface area contributed by atoms with Crippen LogP contribution in [0, 0.1) is 32.6 Å². The number of hydrogen-bond donors (Lipinski definition) is 2. The molecule has 2 aliphatic carbocycles. The molecule has 0 aliphatic heterocycles. The van der Waals surface area contributed by atoms with Crippen LogP contribution >= 0.6 is 11.6 Å². The first-order chi connectivity index (χ1) is 28.5. The molecule has 2 N–H and O–H groups in total. The fraction of sp³-hybridized carbons (Fsp3) is 0.277. The van der Waals surface area contributed by atoms with E-state index in [2.05, 4.69) is 38.8 Å². The third-order valence-electron chi connectivity index (χ3n) is 11.1. The molecule has 2 fully saturated rings. The van der Waals surface area contributed by atoms with Crippen molar-refractivity contribution >= 4 is 54.5 Å². The van der Waals surface area contributed by atoms with Gasteiger partial charge >= 0.3 is 0 Å². The Labute approximate surface area is 357 Å². The number of rotatable bonds is 12. The molecule has 13 heteroatoms. The number of amides is 2. The molecule has 0 bridgehead atoms. The molecule has 2 heterocycles. The zero-order valence-electron chi connectivity index (χ0n) is 34.3. The minimum absolute atomic E-state index is 0.191.